The highest BCUT2D eigenvalue weighted by Gasteiger charge is 2.27. The van der Waals surface area contributed by atoms with E-state index in [0.29, 0.717) is 18.3 Å². The van der Waals surface area contributed by atoms with E-state index in [1.54, 1.807) is 17.0 Å². The highest BCUT2D eigenvalue weighted by Crippen LogP contribution is 2.33. The first kappa shape index (κ1) is 13.6. The van der Waals surface area contributed by atoms with Crippen LogP contribution in [0.3, 0.4) is 0 Å². The minimum Gasteiger partial charge on any atom is -0.481 e. The molecule has 1 aromatic rings. The summed E-state index contributed by atoms with van der Waals surface area (Å²) in [4.78, 5) is 26.9. The summed E-state index contributed by atoms with van der Waals surface area (Å²) in [5.41, 5.74) is -0.610. The van der Waals surface area contributed by atoms with Crippen LogP contribution in [0, 0.1) is 0 Å². The topological polar surface area (TPSA) is 84.2 Å². The van der Waals surface area contributed by atoms with Gasteiger partial charge in [-0.1, -0.05) is 0 Å². The molecule has 0 aromatic carbocycles. The lowest BCUT2D eigenvalue weighted by Crippen LogP contribution is -2.36. The van der Waals surface area contributed by atoms with E-state index in [9.17, 15) is 9.59 Å². The Balaban J connectivity index is 2.12. The molecule has 1 aliphatic rings. The molecule has 0 spiro atoms. The molecule has 1 fully saturated rings. The number of rotatable bonds is 6. The van der Waals surface area contributed by atoms with Crippen LogP contribution in [-0.4, -0.2) is 26.2 Å². The minimum absolute atomic E-state index is 0.0592. The number of nitrogens with one attached hydrogen (secondary N) is 1. The van der Waals surface area contributed by atoms with E-state index in [4.69, 9.17) is 5.11 Å². The predicted octanol–water partition coefficient (Wildman–Crippen LogP) is 1.63. The van der Waals surface area contributed by atoms with Crippen molar-refractivity contribution in [2.45, 2.75) is 51.1 Å². The molecule has 6 nitrogen and oxygen atoms in total. The molecule has 1 saturated carbocycles. The first-order valence-corrected chi connectivity index (χ1v) is 6.46. The smallest absolute Gasteiger partial charge is 0.303 e. The third kappa shape index (κ3) is 3.56. The van der Waals surface area contributed by atoms with Gasteiger partial charge in [0.25, 0.3) is 5.56 Å². The lowest BCUT2D eigenvalue weighted by molar-refractivity contribution is -0.137. The Morgan fingerprint density at radius 1 is 1.58 bits per heavy atom. The molecule has 1 aromatic heterocycles. The Kier molecular flexibility index (Phi) is 3.59. The van der Waals surface area contributed by atoms with E-state index >= 15 is 0 Å². The van der Waals surface area contributed by atoms with E-state index in [2.05, 4.69) is 10.3 Å². The second kappa shape index (κ2) is 5.03. The zero-order valence-corrected chi connectivity index (χ0v) is 11.2. The largest absolute Gasteiger partial charge is 0.481 e. The van der Waals surface area contributed by atoms with E-state index in [1.807, 2.05) is 13.8 Å². The summed E-state index contributed by atoms with van der Waals surface area (Å²) in [5, 5.41) is 11.8. The van der Waals surface area contributed by atoms with E-state index < -0.39 is 11.5 Å². The number of nitrogens with zero attached hydrogens (tertiary/aromatic N) is 2. The molecule has 2 rings (SSSR count). The average molecular weight is 265 g/mol. The molecule has 0 atom stereocenters. The van der Waals surface area contributed by atoms with Crippen LogP contribution in [0.25, 0.3) is 0 Å². The van der Waals surface area contributed by atoms with Gasteiger partial charge in [0, 0.05) is 30.4 Å². The van der Waals surface area contributed by atoms with Crippen LogP contribution in [0.2, 0.25) is 0 Å². The lowest BCUT2D eigenvalue weighted by atomic mass is 9.98. The van der Waals surface area contributed by atoms with Crippen molar-refractivity contribution >= 4 is 11.8 Å². The van der Waals surface area contributed by atoms with Gasteiger partial charge in [-0.25, -0.2) is 4.98 Å². The average Bonchev–Trinajstić information content (AvgIpc) is 3.13. The Hall–Kier alpha value is -1.85. The zero-order chi connectivity index (χ0) is 14.0. The van der Waals surface area contributed by atoms with Crippen LogP contribution in [-0.2, 0) is 4.79 Å². The van der Waals surface area contributed by atoms with E-state index in [-0.39, 0.29) is 12.0 Å². The molecule has 0 saturated heterocycles. The summed E-state index contributed by atoms with van der Waals surface area (Å²) < 4.78 is 1.70. The van der Waals surface area contributed by atoms with Crippen molar-refractivity contribution in [2.24, 2.45) is 0 Å². The fraction of sp³-hybridized carbons (Fsp3) is 0.615. The first-order chi connectivity index (χ1) is 8.89. The second-order valence-corrected chi connectivity index (χ2v) is 5.62. The molecular formula is C13H19N3O3. The number of aromatic nitrogens is 2. The number of hydrogen-bond donors (Lipinski definition) is 2. The zero-order valence-electron chi connectivity index (χ0n) is 11.2. The van der Waals surface area contributed by atoms with Gasteiger partial charge in [0.2, 0.25) is 0 Å². The third-order valence-electron chi connectivity index (χ3n) is 3.23. The minimum atomic E-state index is -0.841. The fourth-order valence-electron chi connectivity index (χ4n) is 1.95. The molecule has 6 heteroatoms. The van der Waals surface area contributed by atoms with E-state index in [0.717, 1.165) is 12.8 Å². The third-order valence-corrected chi connectivity index (χ3v) is 3.23. The van der Waals surface area contributed by atoms with Gasteiger partial charge in [0.1, 0.15) is 0 Å². The number of carbonyl (C=O) groups is 1. The Morgan fingerprint density at radius 3 is 2.84 bits per heavy atom. The maximum atomic E-state index is 12.2. The van der Waals surface area contributed by atoms with Gasteiger partial charge in [-0.15, -0.1) is 0 Å². The number of aliphatic carboxylic acids is 1. The maximum absolute atomic E-state index is 12.2. The van der Waals surface area contributed by atoms with Gasteiger partial charge in [-0.3, -0.25) is 9.59 Å². The molecule has 19 heavy (non-hydrogen) atoms. The van der Waals surface area contributed by atoms with Crippen molar-refractivity contribution in [1.82, 2.24) is 9.55 Å². The number of anilines is 1. The normalized spacial score (nSPS) is 15.3. The van der Waals surface area contributed by atoms with Crippen LogP contribution < -0.4 is 10.9 Å². The van der Waals surface area contributed by atoms with Gasteiger partial charge >= 0.3 is 5.97 Å². The van der Waals surface area contributed by atoms with Crippen LogP contribution in [0.5, 0.6) is 0 Å². The van der Waals surface area contributed by atoms with Gasteiger partial charge < -0.3 is 15.0 Å². The molecule has 104 valence electrons. The number of carboxylic acids is 1. The Labute approximate surface area is 111 Å². The van der Waals surface area contributed by atoms with Crippen molar-refractivity contribution in [3.63, 3.8) is 0 Å². The van der Waals surface area contributed by atoms with Gasteiger partial charge in [0.15, 0.2) is 5.82 Å². The van der Waals surface area contributed by atoms with Crippen molar-refractivity contribution in [3.05, 3.63) is 22.7 Å². The number of carboxylic acid groups (broad SMARTS) is 1. The molecule has 0 aliphatic heterocycles. The summed E-state index contributed by atoms with van der Waals surface area (Å²) in [6.07, 6.45) is 5.87. The maximum Gasteiger partial charge on any atom is 0.303 e. The molecule has 1 aliphatic carbocycles. The Morgan fingerprint density at radius 2 is 2.26 bits per heavy atom. The van der Waals surface area contributed by atoms with Gasteiger partial charge in [-0.05, 0) is 33.1 Å². The fourth-order valence-corrected chi connectivity index (χ4v) is 1.95. The summed E-state index contributed by atoms with van der Waals surface area (Å²) in [7, 11) is 0. The molecule has 2 N–H and O–H groups in total. The highest BCUT2D eigenvalue weighted by molar-refractivity contribution is 5.66. The summed E-state index contributed by atoms with van der Waals surface area (Å²) in [6.45, 7) is 3.73. The predicted molar refractivity (Wildman–Crippen MR) is 71.3 cm³/mol. The van der Waals surface area contributed by atoms with Gasteiger partial charge in [0.05, 0.1) is 0 Å². The van der Waals surface area contributed by atoms with Crippen molar-refractivity contribution in [1.29, 1.82) is 0 Å². The van der Waals surface area contributed by atoms with Gasteiger partial charge in [-0.2, -0.15) is 0 Å². The second-order valence-electron chi connectivity index (χ2n) is 5.62. The standard InChI is InChI=1S/C13H19N3O3/c1-13(2,6-5-10(17)18)15-11-12(19)16(8-7-14-11)9-3-4-9/h7-9H,3-6H2,1-2H3,(H,14,15)(H,17,18). The monoisotopic (exact) mass is 265 g/mol. The SMILES string of the molecule is CC(C)(CCC(=O)O)Nc1nccn(C2CC2)c1=O. The molecule has 1 heterocycles. The van der Waals surface area contributed by atoms with Crippen molar-refractivity contribution in [3.8, 4) is 0 Å². The van der Waals surface area contributed by atoms with Crippen LogP contribution in [0.15, 0.2) is 17.2 Å². The van der Waals surface area contributed by atoms with E-state index in [1.165, 1.54) is 0 Å². The Bertz CT molecular complexity index is 532. The molecule has 0 radical (unpaired) electrons. The van der Waals surface area contributed by atoms with Crippen LogP contribution >= 0.6 is 0 Å². The lowest BCUT2D eigenvalue weighted by Gasteiger charge is -2.26. The highest BCUT2D eigenvalue weighted by atomic mass is 16.4. The molecular weight excluding hydrogens is 246 g/mol. The molecule has 0 amide bonds. The summed E-state index contributed by atoms with van der Waals surface area (Å²) >= 11 is 0. The molecule has 0 unspecified atom stereocenters. The van der Waals surface area contributed by atoms with Crippen molar-refractivity contribution < 1.29 is 9.90 Å². The first-order valence-electron chi connectivity index (χ1n) is 6.46. The summed E-state index contributed by atoms with van der Waals surface area (Å²) in [6, 6.07) is 0.304. The van der Waals surface area contributed by atoms with Crippen LogP contribution in [0.4, 0.5) is 5.82 Å². The summed E-state index contributed by atoms with van der Waals surface area (Å²) in [5.74, 6) is -0.545. The number of hydrogen-bond acceptors (Lipinski definition) is 4. The van der Waals surface area contributed by atoms with Crippen LogP contribution in [0.1, 0.15) is 45.6 Å². The van der Waals surface area contributed by atoms with Crippen molar-refractivity contribution in [2.75, 3.05) is 5.32 Å². The quantitative estimate of drug-likeness (QED) is 0.816. The molecule has 0 bridgehead atoms.